The molecule has 0 nitrogen and oxygen atoms in total. The quantitative estimate of drug-likeness (QED) is 0.142. The van der Waals surface area contributed by atoms with Gasteiger partial charge in [0, 0.05) is 22.3 Å². The highest BCUT2D eigenvalue weighted by Gasteiger charge is 2.69. The second-order valence-corrected chi connectivity index (χ2v) is 41.5. The van der Waals surface area contributed by atoms with E-state index in [1.165, 1.54) is 22.3 Å². The largest absolute Gasteiger partial charge is 0.129 e. The first kappa shape index (κ1) is 42.1. The standard InChI is InChI=1S/C54H64Si4/c1-55(2,3)33-29-43-13-21-47(22-14-43)51-37-52(48-23-15-44(16-24-48)30-34-56(4,5)6)40-53(38-51,49-25-17-45(18-26-49)31-35-57(7,8)9)42-54(39-51,41-52)50-27-19-46(20-28-50)32-36-58(10,11)12/h13-28H,37-42H2,1-12H3. The Hall–Kier alpha value is -4.01. The highest BCUT2D eigenvalue weighted by atomic mass is 28.3. The molecule has 0 aromatic heterocycles. The Morgan fingerprint density at radius 3 is 0.569 bits per heavy atom. The number of hydrogen-bond donors (Lipinski definition) is 0. The van der Waals surface area contributed by atoms with Crippen LogP contribution in [0.1, 0.15) is 83.0 Å². The van der Waals surface area contributed by atoms with Gasteiger partial charge in [0.15, 0.2) is 0 Å². The number of rotatable bonds is 4. The monoisotopic (exact) mass is 824 g/mol. The summed E-state index contributed by atoms with van der Waals surface area (Å²) in [6.07, 6.45) is 6.93. The van der Waals surface area contributed by atoms with Crippen LogP contribution in [0.3, 0.4) is 0 Å². The van der Waals surface area contributed by atoms with Crippen molar-refractivity contribution in [2.45, 2.75) is 139 Å². The molecule has 0 N–H and O–H groups in total. The molecule has 8 rings (SSSR count). The predicted molar refractivity (Wildman–Crippen MR) is 261 cm³/mol. The molecule has 4 aromatic carbocycles. The third-order valence-electron chi connectivity index (χ3n) is 12.4. The van der Waals surface area contributed by atoms with E-state index in [2.05, 4.69) is 221 Å². The zero-order valence-corrected chi connectivity index (χ0v) is 41.5. The van der Waals surface area contributed by atoms with E-state index in [0.717, 1.165) is 60.8 Å². The molecule has 4 heteroatoms. The highest BCUT2D eigenvalue weighted by molar-refractivity contribution is 6.85. The Balaban J connectivity index is 1.42. The second-order valence-electron chi connectivity index (χ2n) is 22.5. The molecule has 0 spiro atoms. The van der Waals surface area contributed by atoms with Crippen molar-refractivity contribution >= 4 is 32.3 Å². The third kappa shape index (κ3) is 9.39. The Bertz CT molecular complexity index is 2040. The SMILES string of the molecule is C[Si](C)(C)C#Cc1ccc(C23CC4(c5ccc(C#C[Si](C)(C)C)cc5)CC(c5ccc(C#C[Si](C)(C)C)cc5)(C2)CC(c2ccc(C#C[Si](C)(C)C)cc2)(C3)C4)cc1. The first-order valence-corrected chi connectivity index (χ1v) is 35.5. The van der Waals surface area contributed by atoms with Crippen LogP contribution in [-0.2, 0) is 21.7 Å². The van der Waals surface area contributed by atoms with Gasteiger partial charge >= 0.3 is 0 Å². The van der Waals surface area contributed by atoms with Crippen LogP contribution in [0.5, 0.6) is 0 Å². The summed E-state index contributed by atoms with van der Waals surface area (Å²) < 4.78 is 0. The minimum absolute atomic E-state index is 0.00240. The molecule has 0 radical (unpaired) electrons. The summed E-state index contributed by atoms with van der Waals surface area (Å²) in [5.41, 5.74) is 24.9. The first-order chi connectivity index (χ1) is 27.0. The molecule has 0 amide bonds. The molecule has 4 saturated carbocycles. The van der Waals surface area contributed by atoms with Gasteiger partial charge in [0.2, 0.25) is 0 Å². The molecule has 58 heavy (non-hydrogen) atoms. The topological polar surface area (TPSA) is 0 Å². The van der Waals surface area contributed by atoms with E-state index in [9.17, 15) is 0 Å². The summed E-state index contributed by atoms with van der Waals surface area (Å²) in [6, 6.07) is 38.2. The van der Waals surface area contributed by atoms with Crippen molar-refractivity contribution in [1.29, 1.82) is 0 Å². The van der Waals surface area contributed by atoms with Gasteiger partial charge in [-0.25, -0.2) is 0 Å². The maximum absolute atomic E-state index is 3.61. The van der Waals surface area contributed by atoms with Gasteiger partial charge in [-0.1, -0.05) is 151 Å². The molecule has 0 heterocycles. The molecule has 296 valence electrons. The molecule has 0 atom stereocenters. The maximum Gasteiger partial charge on any atom is 0.129 e. The Morgan fingerprint density at radius 2 is 0.431 bits per heavy atom. The Morgan fingerprint density at radius 1 is 0.276 bits per heavy atom. The molecule has 0 saturated heterocycles. The van der Waals surface area contributed by atoms with Crippen LogP contribution in [0, 0.1) is 45.9 Å². The van der Waals surface area contributed by atoms with E-state index in [-0.39, 0.29) is 21.7 Å². The van der Waals surface area contributed by atoms with E-state index >= 15 is 0 Å². The molecule has 0 aliphatic heterocycles. The van der Waals surface area contributed by atoms with Gasteiger partial charge in [-0.05, 0) is 131 Å². The summed E-state index contributed by atoms with van der Waals surface area (Å²) in [5, 5.41) is 0. The Labute approximate surface area is 356 Å². The van der Waals surface area contributed by atoms with Crippen molar-refractivity contribution in [3.05, 3.63) is 142 Å². The van der Waals surface area contributed by atoms with Gasteiger partial charge in [0.1, 0.15) is 32.3 Å². The van der Waals surface area contributed by atoms with Crippen LogP contribution in [0.25, 0.3) is 0 Å². The summed E-state index contributed by atoms with van der Waals surface area (Å²) in [4.78, 5) is 0. The molecule has 4 aromatic rings. The van der Waals surface area contributed by atoms with Crippen molar-refractivity contribution in [2.75, 3.05) is 0 Å². The van der Waals surface area contributed by atoms with Crippen LogP contribution in [0.2, 0.25) is 78.6 Å². The normalized spacial score (nSPS) is 24.9. The van der Waals surface area contributed by atoms with Gasteiger partial charge in [-0.2, -0.15) is 0 Å². The lowest BCUT2D eigenvalue weighted by Gasteiger charge is -2.71. The fourth-order valence-corrected chi connectivity index (χ4v) is 12.6. The molecular formula is C54H64Si4. The lowest BCUT2D eigenvalue weighted by atomic mass is 9.32. The van der Waals surface area contributed by atoms with Crippen LogP contribution in [0.4, 0.5) is 0 Å². The van der Waals surface area contributed by atoms with Crippen molar-refractivity contribution in [2.24, 2.45) is 0 Å². The minimum Gasteiger partial charge on any atom is -0.127 e. The van der Waals surface area contributed by atoms with Gasteiger partial charge in [0.05, 0.1) is 0 Å². The molecule has 4 bridgehead atoms. The van der Waals surface area contributed by atoms with E-state index < -0.39 is 32.3 Å². The van der Waals surface area contributed by atoms with Crippen LogP contribution >= 0.6 is 0 Å². The molecular weight excluding hydrogens is 761 g/mol. The summed E-state index contributed by atoms with van der Waals surface area (Å²) in [5.74, 6) is 14.2. The second kappa shape index (κ2) is 14.9. The average molecular weight is 825 g/mol. The summed E-state index contributed by atoms with van der Waals surface area (Å²) >= 11 is 0. The predicted octanol–water partition coefficient (Wildman–Crippen LogP) is 13.0. The van der Waals surface area contributed by atoms with Gasteiger partial charge in [-0.15, -0.1) is 22.2 Å². The van der Waals surface area contributed by atoms with E-state index in [0.29, 0.717) is 0 Å². The van der Waals surface area contributed by atoms with Crippen molar-refractivity contribution < 1.29 is 0 Å². The summed E-state index contributed by atoms with van der Waals surface area (Å²) in [7, 11) is -5.96. The Kier molecular flexibility index (Phi) is 10.8. The molecule has 4 fully saturated rings. The van der Waals surface area contributed by atoms with Crippen LogP contribution in [-0.4, -0.2) is 32.3 Å². The fraction of sp³-hybridized carbons (Fsp3) is 0.407. The molecule has 4 aliphatic carbocycles. The van der Waals surface area contributed by atoms with Gasteiger partial charge < -0.3 is 0 Å². The fourth-order valence-electron chi connectivity index (χ4n) is 10.5. The number of hydrogen-bond acceptors (Lipinski definition) is 0. The first-order valence-electron chi connectivity index (χ1n) is 21.5. The molecule has 0 unspecified atom stereocenters. The van der Waals surface area contributed by atoms with E-state index in [1.54, 1.807) is 0 Å². The minimum atomic E-state index is -1.49. The average Bonchev–Trinajstić information content (AvgIpc) is 3.14. The van der Waals surface area contributed by atoms with Crippen molar-refractivity contribution in [3.8, 4) is 45.9 Å². The number of benzene rings is 4. The summed E-state index contributed by atoms with van der Waals surface area (Å²) in [6.45, 7) is 27.9. The van der Waals surface area contributed by atoms with E-state index in [4.69, 9.17) is 0 Å². The van der Waals surface area contributed by atoms with E-state index in [1.807, 2.05) is 0 Å². The van der Waals surface area contributed by atoms with Crippen molar-refractivity contribution in [3.63, 3.8) is 0 Å². The molecule has 4 aliphatic rings. The van der Waals surface area contributed by atoms with Gasteiger partial charge in [0.25, 0.3) is 0 Å². The highest BCUT2D eigenvalue weighted by Crippen LogP contribution is 2.74. The van der Waals surface area contributed by atoms with Crippen LogP contribution in [0.15, 0.2) is 97.1 Å². The zero-order valence-electron chi connectivity index (χ0n) is 37.5. The maximum atomic E-state index is 3.61. The van der Waals surface area contributed by atoms with Crippen LogP contribution < -0.4 is 0 Å². The lowest BCUT2D eigenvalue weighted by Crippen LogP contribution is -2.67. The zero-order chi connectivity index (χ0) is 41.8. The third-order valence-corrected chi connectivity index (χ3v) is 15.9. The van der Waals surface area contributed by atoms with Gasteiger partial charge in [-0.3, -0.25) is 0 Å². The van der Waals surface area contributed by atoms with Crippen molar-refractivity contribution in [1.82, 2.24) is 0 Å². The lowest BCUT2D eigenvalue weighted by molar-refractivity contribution is -0.0691. The smallest absolute Gasteiger partial charge is 0.127 e.